The summed E-state index contributed by atoms with van der Waals surface area (Å²) in [5.74, 6) is 1.23. The van der Waals surface area contributed by atoms with E-state index < -0.39 is 10.0 Å². The average molecular weight is 487 g/mol. The van der Waals surface area contributed by atoms with Crippen molar-refractivity contribution in [1.82, 2.24) is 9.21 Å². The van der Waals surface area contributed by atoms with E-state index >= 15 is 0 Å². The van der Waals surface area contributed by atoms with Crippen LogP contribution >= 0.6 is 0 Å². The molecule has 184 valence electrons. The van der Waals surface area contributed by atoms with Crippen molar-refractivity contribution in [1.29, 1.82) is 0 Å². The third-order valence-corrected chi connectivity index (χ3v) is 9.29. The van der Waals surface area contributed by atoms with E-state index in [0.29, 0.717) is 49.7 Å². The van der Waals surface area contributed by atoms with Crippen molar-refractivity contribution >= 4 is 15.9 Å². The highest BCUT2D eigenvalue weighted by Gasteiger charge is 2.35. The Morgan fingerprint density at radius 2 is 1.62 bits per heavy atom. The molecule has 1 saturated heterocycles. The summed E-state index contributed by atoms with van der Waals surface area (Å²) in [6, 6.07) is 9.54. The Morgan fingerprint density at radius 1 is 1.03 bits per heavy atom. The number of fused-ring (bicyclic) bond motifs is 1. The van der Waals surface area contributed by atoms with Gasteiger partial charge in [-0.1, -0.05) is 18.2 Å². The number of ether oxygens (including phenoxy) is 2. The van der Waals surface area contributed by atoms with Gasteiger partial charge in [0.1, 0.15) is 6.61 Å². The molecule has 0 radical (unpaired) electrons. The number of carbonyl (C=O) groups is 1. The van der Waals surface area contributed by atoms with Crippen LogP contribution in [-0.2, 0) is 14.8 Å². The second-order valence-corrected chi connectivity index (χ2v) is 11.4. The van der Waals surface area contributed by atoms with Crippen LogP contribution in [0.5, 0.6) is 11.5 Å². The molecule has 0 aliphatic carbocycles. The Balaban J connectivity index is 1.38. The monoisotopic (exact) mass is 486 g/mol. The lowest BCUT2D eigenvalue weighted by atomic mass is 9.96. The number of piperidine rings is 1. The van der Waals surface area contributed by atoms with Crippen molar-refractivity contribution in [2.24, 2.45) is 5.92 Å². The van der Waals surface area contributed by atoms with Gasteiger partial charge in [0.25, 0.3) is 0 Å². The highest BCUT2D eigenvalue weighted by Crippen LogP contribution is 2.33. The third-order valence-electron chi connectivity index (χ3n) is 7.12. The zero-order chi connectivity index (χ0) is 24.6. The maximum atomic E-state index is 13.5. The first-order valence-electron chi connectivity index (χ1n) is 11.8. The minimum absolute atomic E-state index is 0.0262. The van der Waals surface area contributed by atoms with E-state index in [1.807, 2.05) is 58.0 Å². The van der Waals surface area contributed by atoms with Crippen LogP contribution < -0.4 is 9.47 Å². The van der Waals surface area contributed by atoms with Gasteiger partial charge in [0, 0.05) is 26.1 Å². The van der Waals surface area contributed by atoms with Crippen molar-refractivity contribution in [3.8, 4) is 11.5 Å². The van der Waals surface area contributed by atoms with Crippen LogP contribution in [0.3, 0.4) is 0 Å². The van der Waals surface area contributed by atoms with E-state index in [9.17, 15) is 13.2 Å². The van der Waals surface area contributed by atoms with Crippen LogP contribution in [0.15, 0.2) is 35.2 Å². The molecule has 0 bridgehead atoms. The van der Waals surface area contributed by atoms with Crippen molar-refractivity contribution in [3.63, 3.8) is 0 Å². The van der Waals surface area contributed by atoms with E-state index in [0.717, 1.165) is 28.0 Å². The number of hydrogen-bond donors (Lipinski definition) is 0. The maximum Gasteiger partial charge on any atom is 0.243 e. The summed E-state index contributed by atoms with van der Waals surface area (Å²) in [6.07, 6.45) is 0.784. The molecule has 0 unspecified atom stereocenters. The summed E-state index contributed by atoms with van der Waals surface area (Å²) in [6.45, 7) is 9.13. The topological polar surface area (TPSA) is 76.2 Å². The Labute approximate surface area is 202 Å². The number of likely N-dealkylation sites (N-methyl/N-ethyl adjacent to an activating group) is 1. The molecule has 1 atom stereocenters. The molecule has 1 amide bonds. The quantitative estimate of drug-likeness (QED) is 0.645. The van der Waals surface area contributed by atoms with Gasteiger partial charge in [0.2, 0.25) is 15.9 Å². The highest BCUT2D eigenvalue weighted by molar-refractivity contribution is 7.89. The molecule has 2 aromatic carbocycles. The van der Waals surface area contributed by atoms with Gasteiger partial charge < -0.3 is 14.4 Å². The normalized spacial score (nSPS) is 19.1. The van der Waals surface area contributed by atoms with Gasteiger partial charge in [-0.15, -0.1) is 0 Å². The molecule has 34 heavy (non-hydrogen) atoms. The molecule has 7 nitrogen and oxygen atoms in total. The largest absolute Gasteiger partial charge is 0.486 e. The molecule has 2 aromatic rings. The third kappa shape index (κ3) is 4.66. The number of para-hydroxylation sites is 2. The molecule has 0 N–H and O–H groups in total. The zero-order valence-corrected chi connectivity index (χ0v) is 21.4. The summed E-state index contributed by atoms with van der Waals surface area (Å²) in [7, 11) is -1.84. The Kier molecular flexibility index (Phi) is 6.92. The minimum atomic E-state index is -3.62. The standard InChI is InChI=1S/C26H34N2O5S/c1-17-14-18(2)20(4)25(19(17)3)34(30,31)28-12-10-21(11-13-28)26(29)27(5)15-22-16-32-23-8-6-7-9-24(23)33-22/h6-9,14,21-22H,10-13,15-16H2,1-5H3/t22-/m0/s1. The number of amides is 1. The molecule has 2 aliphatic rings. The molecule has 2 aliphatic heterocycles. The van der Waals surface area contributed by atoms with Crippen LogP contribution in [0.4, 0.5) is 0 Å². The second-order valence-electron chi connectivity index (χ2n) is 9.48. The van der Waals surface area contributed by atoms with Gasteiger partial charge >= 0.3 is 0 Å². The Hall–Kier alpha value is -2.58. The van der Waals surface area contributed by atoms with E-state index in [2.05, 4.69) is 0 Å². The van der Waals surface area contributed by atoms with Crippen molar-refractivity contribution in [2.75, 3.05) is 33.3 Å². The van der Waals surface area contributed by atoms with Gasteiger partial charge in [-0.2, -0.15) is 4.31 Å². The number of hydrogen-bond acceptors (Lipinski definition) is 5. The molecule has 0 saturated carbocycles. The van der Waals surface area contributed by atoms with Crippen molar-refractivity contribution in [2.45, 2.75) is 51.5 Å². The fourth-order valence-electron chi connectivity index (χ4n) is 4.90. The summed E-state index contributed by atoms with van der Waals surface area (Å²) < 4.78 is 40.3. The first-order chi connectivity index (χ1) is 16.1. The van der Waals surface area contributed by atoms with E-state index in [1.165, 1.54) is 0 Å². The van der Waals surface area contributed by atoms with Crippen LogP contribution in [0.25, 0.3) is 0 Å². The number of nitrogens with zero attached hydrogens (tertiary/aromatic N) is 2. The predicted octanol–water partition coefficient (Wildman–Crippen LogP) is 3.62. The summed E-state index contributed by atoms with van der Waals surface area (Å²) in [5, 5.41) is 0. The number of rotatable bonds is 5. The van der Waals surface area contributed by atoms with E-state index in [4.69, 9.17) is 9.47 Å². The lowest BCUT2D eigenvalue weighted by molar-refractivity contribution is -0.136. The highest BCUT2D eigenvalue weighted by atomic mass is 32.2. The maximum absolute atomic E-state index is 13.5. The number of sulfonamides is 1. The van der Waals surface area contributed by atoms with E-state index in [1.54, 1.807) is 16.3 Å². The lowest BCUT2D eigenvalue weighted by Crippen LogP contribution is -2.47. The summed E-state index contributed by atoms with van der Waals surface area (Å²) in [4.78, 5) is 15.2. The first kappa shape index (κ1) is 24.5. The zero-order valence-electron chi connectivity index (χ0n) is 20.6. The Bertz CT molecular complexity index is 1160. The summed E-state index contributed by atoms with van der Waals surface area (Å²) >= 11 is 0. The smallest absolute Gasteiger partial charge is 0.243 e. The molecule has 0 spiro atoms. The van der Waals surface area contributed by atoms with Crippen LogP contribution in [0, 0.1) is 33.6 Å². The lowest BCUT2D eigenvalue weighted by Gasteiger charge is -2.35. The molecule has 1 fully saturated rings. The number of benzene rings is 2. The molecule has 0 aromatic heterocycles. The fraction of sp³-hybridized carbons (Fsp3) is 0.500. The predicted molar refractivity (Wildman–Crippen MR) is 131 cm³/mol. The van der Waals surface area contributed by atoms with Gasteiger partial charge in [0.15, 0.2) is 17.6 Å². The van der Waals surface area contributed by atoms with Gasteiger partial charge in [-0.05, 0) is 74.9 Å². The fourth-order valence-corrected chi connectivity index (χ4v) is 6.95. The molecule has 8 heteroatoms. The van der Waals surface area contributed by atoms with Crippen LogP contribution in [-0.4, -0.2) is 62.9 Å². The van der Waals surface area contributed by atoms with Crippen molar-refractivity contribution in [3.05, 3.63) is 52.6 Å². The molecule has 4 rings (SSSR count). The van der Waals surface area contributed by atoms with Gasteiger partial charge in [-0.25, -0.2) is 8.42 Å². The van der Waals surface area contributed by atoms with Crippen LogP contribution in [0.2, 0.25) is 0 Å². The molecular weight excluding hydrogens is 452 g/mol. The average Bonchev–Trinajstić information content (AvgIpc) is 2.82. The second kappa shape index (κ2) is 9.58. The minimum Gasteiger partial charge on any atom is -0.486 e. The van der Waals surface area contributed by atoms with Gasteiger partial charge in [0.05, 0.1) is 11.4 Å². The Morgan fingerprint density at radius 3 is 2.24 bits per heavy atom. The molecule has 2 heterocycles. The SMILES string of the molecule is Cc1cc(C)c(C)c(S(=O)(=O)N2CCC(C(=O)N(C)C[C@H]3COc4ccccc4O3)CC2)c1C. The summed E-state index contributed by atoms with van der Waals surface area (Å²) in [5.41, 5.74) is 3.56. The number of carbonyl (C=O) groups excluding carboxylic acids is 1. The first-order valence-corrected chi connectivity index (χ1v) is 13.2. The number of aryl methyl sites for hydroxylation is 2. The van der Waals surface area contributed by atoms with E-state index in [-0.39, 0.29) is 17.9 Å². The van der Waals surface area contributed by atoms with Crippen LogP contribution in [0.1, 0.15) is 35.1 Å². The van der Waals surface area contributed by atoms with Gasteiger partial charge in [-0.3, -0.25) is 4.79 Å². The molecular formula is C26H34N2O5S. The van der Waals surface area contributed by atoms with Crippen molar-refractivity contribution < 1.29 is 22.7 Å².